The third-order valence-corrected chi connectivity index (χ3v) is 4.32. The second kappa shape index (κ2) is 5.82. The highest BCUT2D eigenvalue weighted by atomic mass is 32.1. The first kappa shape index (κ1) is 16.3. The van der Waals surface area contributed by atoms with E-state index in [0.717, 1.165) is 17.4 Å². The monoisotopic (exact) mass is 356 g/mol. The van der Waals surface area contributed by atoms with Gasteiger partial charge in [-0.05, 0) is 25.1 Å². The Morgan fingerprint density at radius 3 is 2.79 bits per heavy atom. The number of ether oxygens (including phenoxy) is 1. The van der Waals surface area contributed by atoms with Crippen LogP contribution in [0.15, 0.2) is 28.9 Å². The van der Waals surface area contributed by atoms with Crippen molar-refractivity contribution in [1.82, 2.24) is 4.98 Å². The summed E-state index contributed by atoms with van der Waals surface area (Å²) in [7, 11) is 0. The summed E-state index contributed by atoms with van der Waals surface area (Å²) in [6, 6.07) is 3.92. The van der Waals surface area contributed by atoms with E-state index in [9.17, 15) is 18.0 Å². The molecule has 0 saturated carbocycles. The van der Waals surface area contributed by atoms with Gasteiger partial charge in [0.2, 0.25) is 0 Å². The normalized spacial score (nSPS) is 11.8. The fraction of sp³-hybridized carbons (Fsp3) is 0.200. The third kappa shape index (κ3) is 2.71. The Morgan fingerprint density at radius 2 is 2.21 bits per heavy atom. The SMILES string of the molecule is CCOC(=O)c1sc2nc(C(F)(F)F)cc(-c3ccco3)c2c1N. The Bertz CT molecular complexity index is 901. The highest BCUT2D eigenvalue weighted by molar-refractivity contribution is 7.21. The van der Waals surface area contributed by atoms with Crippen molar-refractivity contribution in [3.05, 3.63) is 35.0 Å². The highest BCUT2D eigenvalue weighted by Crippen LogP contribution is 2.42. The number of esters is 1. The summed E-state index contributed by atoms with van der Waals surface area (Å²) >= 11 is 0.761. The molecule has 3 aromatic rings. The van der Waals surface area contributed by atoms with Crippen molar-refractivity contribution in [2.45, 2.75) is 13.1 Å². The van der Waals surface area contributed by atoms with Gasteiger partial charge in [-0.1, -0.05) is 0 Å². The molecule has 0 aliphatic heterocycles. The standard InChI is InChI=1S/C15H11F3N2O3S/c1-2-22-14(21)12-11(19)10-7(8-4-3-5-23-8)6-9(15(16,17)18)20-13(10)24-12/h3-6H,2,19H2,1H3. The van der Waals surface area contributed by atoms with E-state index in [2.05, 4.69) is 4.98 Å². The number of halogens is 3. The number of nitrogens with zero attached hydrogens (tertiary/aromatic N) is 1. The predicted octanol–water partition coefficient (Wildman–Crippen LogP) is 4.33. The number of alkyl halides is 3. The Hall–Kier alpha value is -2.55. The second-order valence-electron chi connectivity index (χ2n) is 4.78. The maximum absolute atomic E-state index is 13.1. The van der Waals surface area contributed by atoms with Gasteiger partial charge in [0, 0.05) is 10.9 Å². The van der Waals surface area contributed by atoms with Crippen LogP contribution in [0.1, 0.15) is 22.3 Å². The minimum Gasteiger partial charge on any atom is -0.464 e. The molecule has 0 atom stereocenters. The van der Waals surface area contributed by atoms with E-state index in [1.165, 1.54) is 12.3 Å². The molecule has 3 aromatic heterocycles. The number of rotatable bonds is 3. The maximum Gasteiger partial charge on any atom is 0.433 e. The number of anilines is 1. The van der Waals surface area contributed by atoms with Crippen molar-refractivity contribution in [3.8, 4) is 11.3 Å². The molecule has 0 saturated heterocycles. The van der Waals surface area contributed by atoms with Gasteiger partial charge >= 0.3 is 12.1 Å². The van der Waals surface area contributed by atoms with Gasteiger partial charge in [-0.15, -0.1) is 11.3 Å². The molecule has 0 aliphatic rings. The molecule has 0 fully saturated rings. The number of nitrogens with two attached hydrogens (primary N) is 1. The van der Waals surface area contributed by atoms with Gasteiger partial charge in [-0.3, -0.25) is 0 Å². The van der Waals surface area contributed by atoms with E-state index < -0.39 is 17.8 Å². The van der Waals surface area contributed by atoms with E-state index in [1.54, 1.807) is 13.0 Å². The molecule has 5 nitrogen and oxygen atoms in total. The van der Waals surface area contributed by atoms with Crippen molar-refractivity contribution >= 4 is 33.2 Å². The number of furan rings is 1. The quantitative estimate of drug-likeness (QED) is 0.707. The van der Waals surface area contributed by atoms with Gasteiger partial charge in [-0.25, -0.2) is 9.78 Å². The molecule has 3 rings (SSSR count). The van der Waals surface area contributed by atoms with E-state index in [4.69, 9.17) is 14.9 Å². The number of fused-ring (bicyclic) bond motifs is 1. The molecule has 0 aliphatic carbocycles. The summed E-state index contributed by atoms with van der Waals surface area (Å²) in [6.07, 6.45) is -3.30. The van der Waals surface area contributed by atoms with Crippen LogP contribution < -0.4 is 5.73 Å². The van der Waals surface area contributed by atoms with E-state index in [0.29, 0.717) is 0 Å². The lowest BCUT2D eigenvalue weighted by Gasteiger charge is -2.08. The molecular formula is C15H11F3N2O3S. The van der Waals surface area contributed by atoms with Crippen LogP contribution in [0.25, 0.3) is 21.5 Å². The lowest BCUT2D eigenvalue weighted by molar-refractivity contribution is -0.140. The zero-order chi connectivity index (χ0) is 17.5. The molecular weight excluding hydrogens is 345 g/mol. The molecule has 0 unspecified atom stereocenters. The van der Waals surface area contributed by atoms with Crippen LogP contribution in [0.2, 0.25) is 0 Å². The lowest BCUT2D eigenvalue weighted by atomic mass is 10.1. The molecule has 2 N–H and O–H groups in total. The summed E-state index contributed by atoms with van der Waals surface area (Å²) in [4.78, 5) is 15.6. The number of pyridine rings is 1. The number of hydrogen-bond donors (Lipinski definition) is 1. The number of thiophene rings is 1. The Kier molecular flexibility index (Phi) is 3.96. The molecule has 0 spiro atoms. The molecule has 0 aromatic carbocycles. The summed E-state index contributed by atoms with van der Waals surface area (Å²) < 4.78 is 49.4. The predicted molar refractivity (Wildman–Crippen MR) is 82.7 cm³/mol. The van der Waals surface area contributed by atoms with Gasteiger partial charge in [0.05, 0.1) is 18.6 Å². The molecule has 9 heteroatoms. The van der Waals surface area contributed by atoms with Crippen molar-refractivity contribution < 1.29 is 27.1 Å². The lowest BCUT2D eigenvalue weighted by Crippen LogP contribution is -2.08. The molecule has 126 valence electrons. The van der Waals surface area contributed by atoms with Crippen molar-refractivity contribution in [2.24, 2.45) is 0 Å². The fourth-order valence-corrected chi connectivity index (χ4v) is 3.25. The Morgan fingerprint density at radius 1 is 1.46 bits per heavy atom. The van der Waals surface area contributed by atoms with Gasteiger partial charge in [0.15, 0.2) is 0 Å². The summed E-state index contributed by atoms with van der Waals surface area (Å²) in [5.41, 5.74) is 5.05. The minimum absolute atomic E-state index is 0.00298. The topological polar surface area (TPSA) is 78.3 Å². The van der Waals surface area contributed by atoms with Crippen LogP contribution >= 0.6 is 11.3 Å². The number of nitrogen functional groups attached to an aromatic ring is 1. The number of hydrogen-bond acceptors (Lipinski definition) is 6. The van der Waals surface area contributed by atoms with Crippen LogP contribution in [-0.2, 0) is 10.9 Å². The largest absolute Gasteiger partial charge is 0.464 e. The molecule has 3 heterocycles. The smallest absolute Gasteiger partial charge is 0.433 e. The first-order chi connectivity index (χ1) is 11.3. The Labute approximate surface area is 137 Å². The fourth-order valence-electron chi connectivity index (χ4n) is 2.24. The maximum atomic E-state index is 13.1. The van der Waals surface area contributed by atoms with Gasteiger partial charge in [0.1, 0.15) is 21.2 Å². The van der Waals surface area contributed by atoms with E-state index in [1.807, 2.05) is 0 Å². The number of carbonyl (C=O) groups excluding carboxylic acids is 1. The zero-order valence-electron chi connectivity index (χ0n) is 12.3. The summed E-state index contributed by atoms with van der Waals surface area (Å²) in [5.74, 6) is -0.496. The summed E-state index contributed by atoms with van der Waals surface area (Å²) in [6.45, 7) is 1.74. The number of aromatic nitrogens is 1. The van der Waals surface area contributed by atoms with Gasteiger partial charge in [0.25, 0.3) is 0 Å². The van der Waals surface area contributed by atoms with Crippen molar-refractivity contribution in [3.63, 3.8) is 0 Å². The Balaban J connectivity index is 2.32. The van der Waals surface area contributed by atoms with Crippen LogP contribution in [0, 0.1) is 0 Å². The minimum atomic E-state index is -4.64. The van der Waals surface area contributed by atoms with Crippen LogP contribution in [0.3, 0.4) is 0 Å². The first-order valence-electron chi connectivity index (χ1n) is 6.84. The first-order valence-corrected chi connectivity index (χ1v) is 7.65. The van der Waals surface area contributed by atoms with Crippen LogP contribution in [0.5, 0.6) is 0 Å². The van der Waals surface area contributed by atoms with Crippen LogP contribution in [0.4, 0.5) is 18.9 Å². The van der Waals surface area contributed by atoms with Crippen molar-refractivity contribution in [1.29, 1.82) is 0 Å². The molecule has 0 radical (unpaired) electrons. The van der Waals surface area contributed by atoms with Gasteiger partial charge < -0.3 is 14.9 Å². The molecule has 0 bridgehead atoms. The van der Waals surface area contributed by atoms with E-state index in [-0.39, 0.29) is 38.7 Å². The average Bonchev–Trinajstić information content (AvgIpc) is 3.14. The highest BCUT2D eigenvalue weighted by Gasteiger charge is 2.35. The van der Waals surface area contributed by atoms with E-state index >= 15 is 0 Å². The second-order valence-corrected chi connectivity index (χ2v) is 5.77. The number of carbonyl (C=O) groups is 1. The van der Waals surface area contributed by atoms with Crippen LogP contribution in [-0.4, -0.2) is 17.6 Å². The zero-order valence-corrected chi connectivity index (χ0v) is 13.1. The summed E-state index contributed by atoms with van der Waals surface area (Å²) in [5, 5.41) is 0.242. The average molecular weight is 356 g/mol. The third-order valence-electron chi connectivity index (χ3n) is 3.24. The molecule has 0 amide bonds. The van der Waals surface area contributed by atoms with Gasteiger partial charge in [-0.2, -0.15) is 13.2 Å². The van der Waals surface area contributed by atoms with Crippen molar-refractivity contribution in [2.75, 3.05) is 12.3 Å². The molecule has 24 heavy (non-hydrogen) atoms.